The summed E-state index contributed by atoms with van der Waals surface area (Å²) in [5.74, 6) is 0. The zero-order chi connectivity index (χ0) is 43.5. The fraction of sp³-hybridized carbons (Fsp3) is 1.00. The van der Waals surface area contributed by atoms with E-state index >= 15 is 0 Å². The van der Waals surface area contributed by atoms with Crippen LogP contribution in [0.3, 0.4) is 0 Å². The molecule has 0 amide bonds. The van der Waals surface area contributed by atoms with Crippen molar-refractivity contribution in [2.24, 2.45) is 0 Å². The van der Waals surface area contributed by atoms with Gasteiger partial charge in [0.05, 0.1) is 78.5 Å². The molecule has 0 rings (SSSR count). The molecule has 0 radical (unpaired) electrons. The van der Waals surface area contributed by atoms with Crippen molar-refractivity contribution in [2.75, 3.05) is 78.5 Å². The van der Waals surface area contributed by atoms with E-state index in [4.69, 9.17) is 19.2 Å². The lowest BCUT2D eigenvalue weighted by Gasteiger charge is -2.39. The standard InChI is InChI=1S/3C16H36N.H3O4P.6H2O/c3*1-5-9-13-17(14-10-6-2,15-11-7-3)16-12-8-4;1-5(2,3)4;;;;;;/h3*5-16H2,1-4H3;(H3,1,2,3,4);6*1H2/q3*+1;;;;;;;/p-3. The summed E-state index contributed by atoms with van der Waals surface area (Å²) in [5, 5.41) is 0. The van der Waals surface area contributed by atoms with Crippen LogP contribution < -0.4 is 14.7 Å². The molecule has 62 heavy (non-hydrogen) atoms. The van der Waals surface area contributed by atoms with Gasteiger partial charge in [0.15, 0.2) is 0 Å². The van der Waals surface area contributed by atoms with E-state index in [-0.39, 0.29) is 32.9 Å². The third-order valence-electron chi connectivity index (χ3n) is 11.8. The first-order valence-electron chi connectivity index (χ1n) is 25.0. The van der Waals surface area contributed by atoms with Gasteiger partial charge in [0.2, 0.25) is 0 Å². The Hall–Kier alpha value is -0.250. The summed E-state index contributed by atoms with van der Waals surface area (Å²) in [6.07, 6.45) is 33.2. The summed E-state index contributed by atoms with van der Waals surface area (Å²) in [7, 11) is -5.39. The molecule has 0 heterocycles. The van der Waals surface area contributed by atoms with Crippen LogP contribution >= 0.6 is 7.82 Å². The van der Waals surface area contributed by atoms with E-state index in [1.807, 2.05) is 0 Å². The molecule has 0 unspecified atom stereocenters. The largest absolute Gasteiger partial charge is 0.822 e. The zero-order valence-corrected chi connectivity index (χ0v) is 44.8. The maximum absolute atomic E-state index is 8.55. The summed E-state index contributed by atoms with van der Waals surface area (Å²) in [6.45, 7) is 45.1. The Morgan fingerprint density at radius 1 is 0.242 bits per heavy atom. The Morgan fingerprint density at radius 2 is 0.306 bits per heavy atom. The van der Waals surface area contributed by atoms with Crippen molar-refractivity contribution in [3.8, 4) is 0 Å². The van der Waals surface area contributed by atoms with E-state index in [0.29, 0.717) is 0 Å². The average molecular weight is 930 g/mol. The predicted octanol–water partition coefficient (Wildman–Crippen LogP) is 7.24. The van der Waals surface area contributed by atoms with Crippen LogP contribution in [0.25, 0.3) is 0 Å². The van der Waals surface area contributed by atoms with Gasteiger partial charge in [-0.25, -0.2) is 0 Å². The van der Waals surface area contributed by atoms with Crippen molar-refractivity contribution in [3.63, 3.8) is 0 Å². The van der Waals surface area contributed by atoms with Crippen LogP contribution in [0, 0.1) is 0 Å². The second-order valence-electron chi connectivity index (χ2n) is 17.4. The van der Waals surface area contributed by atoms with Gasteiger partial charge in [-0.3, -0.25) is 0 Å². The van der Waals surface area contributed by atoms with Gasteiger partial charge >= 0.3 is 0 Å². The molecule has 0 aromatic carbocycles. The molecule has 0 bridgehead atoms. The van der Waals surface area contributed by atoms with Crippen molar-refractivity contribution in [3.05, 3.63) is 0 Å². The molecular weight excluding hydrogens is 810 g/mol. The van der Waals surface area contributed by atoms with Gasteiger partial charge in [-0.15, -0.1) is 0 Å². The Balaban J connectivity index is -0.0000000739. The smallest absolute Gasteiger partial charge is 0.0786 e. The Bertz CT molecular complexity index is 607. The molecule has 0 atom stereocenters. The van der Waals surface area contributed by atoms with Gasteiger partial charge in [0, 0.05) is 0 Å². The van der Waals surface area contributed by atoms with Crippen LogP contribution in [0.4, 0.5) is 0 Å². The molecule has 0 aliphatic rings. The van der Waals surface area contributed by atoms with Crippen molar-refractivity contribution in [1.82, 2.24) is 0 Å². The molecule has 14 heteroatoms. The molecule has 13 nitrogen and oxygen atoms in total. The van der Waals surface area contributed by atoms with Crippen molar-refractivity contribution < 1.29 is 65.6 Å². The lowest BCUT2D eigenvalue weighted by molar-refractivity contribution is -0.929. The first kappa shape index (κ1) is 85.1. The molecule has 0 fully saturated rings. The first-order chi connectivity index (χ1) is 26.7. The number of unbranched alkanes of at least 4 members (excludes halogenated alkanes) is 12. The molecule has 392 valence electrons. The normalized spacial score (nSPS) is 10.8. The quantitative estimate of drug-likeness (QED) is 0.0464. The Labute approximate surface area is 388 Å². The summed E-state index contributed by atoms with van der Waals surface area (Å²) >= 11 is 0. The highest BCUT2D eigenvalue weighted by atomic mass is 31.2. The first-order valence-corrected chi connectivity index (χ1v) is 26.5. The minimum absolute atomic E-state index is 0. The second kappa shape index (κ2) is 60.8. The van der Waals surface area contributed by atoms with Crippen LogP contribution in [0.1, 0.15) is 237 Å². The molecule has 0 aliphatic heterocycles. The van der Waals surface area contributed by atoms with Gasteiger partial charge in [0.1, 0.15) is 0 Å². The van der Waals surface area contributed by atoms with Crippen molar-refractivity contribution in [1.29, 1.82) is 0 Å². The van der Waals surface area contributed by atoms with Crippen LogP contribution in [-0.4, -0.2) is 125 Å². The van der Waals surface area contributed by atoms with E-state index < -0.39 is 7.82 Å². The summed E-state index contributed by atoms with van der Waals surface area (Å²) in [4.78, 5) is 25.6. The van der Waals surface area contributed by atoms with Crippen molar-refractivity contribution in [2.45, 2.75) is 237 Å². The highest BCUT2D eigenvalue weighted by Crippen LogP contribution is 2.19. The summed E-state index contributed by atoms with van der Waals surface area (Å²) < 4.78 is 12.8. The maximum Gasteiger partial charge on any atom is 0.0786 e. The Morgan fingerprint density at radius 3 is 0.355 bits per heavy atom. The van der Waals surface area contributed by atoms with E-state index in [9.17, 15) is 0 Å². The molecule has 0 aromatic rings. The van der Waals surface area contributed by atoms with Crippen LogP contribution in [0.5, 0.6) is 0 Å². The molecule has 0 saturated carbocycles. The topological polar surface area (TPSA) is 275 Å². The van der Waals surface area contributed by atoms with Crippen LogP contribution in [0.2, 0.25) is 0 Å². The van der Waals surface area contributed by atoms with E-state index in [0.717, 1.165) is 0 Å². The van der Waals surface area contributed by atoms with Crippen molar-refractivity contribution >= 4 is 7.82 Å². The minimum Gasteiger partial charge on any atom is -0.822 e. The number of hydrogen-bond acceptors (Lipinski definition) is 4. The van der Waals surface area contributed by atoms with E-state index in [2.05, 4.69) is 83.1 Å². The minimum atomic E-state index is -5.39. The maximum atomic E-state index is 8.55. The van der Waals surface area contributed by atoms with Gasteiger partial charge in [-0.1, -0.05) is 160 Å². The highest BCUT2D eigenvalue weighted by molar-refractivity contribution is 7.40. The average Bonchev–Trinajstić information content (AvgIpc) is 3.19. The number of phosphoric acid groups is 1. The number of quaternary nitrogens is 3. The third kappa shape index (κ3) is 57.8. The predicted molar refractivity (Wildman–Crippen MR) is 267 cm³/mol. The summed E-state index contributed by atoms with van der Waals surface area (Å²) in [6, 6.07) is 0. The lowest BCUT2D eigenvalue weighted by Crippen LogP contribution is -2.50. The van der Waals surface area contributed by atoms with Crippen LogP contribution in [-0.2, 0) is 4.57 Å². The molecule has 0 saturated heterocycles. The number of rotatable bonds is 36. The second-order valence-corrected chi connectivity index (χ2v) is 18.3. The van der Waals surface area contributed by atoms with Gasteiger partial charge in [0.25, 0.3) is 0 Å². The zero-order valence-electron chi connectivity index (χ0n) is 43.9. The van der Waals surface area contributed by atoms with Gasteiger partial charge in [-0.05, 0) is 77.0 Å². The fourth-order valence-corrected chi connectivity index (χ4v) is 7.93. The molecule has 0 spiro atoms. The molecule has 0 aliphatic carbocycles. The van der Waals surface area contributed by atoms with E-state index in [1.165, 1.54) is 246 Å². The molecule has 0 aromatic heterocycles. The number of nitrogens with zero attached hydrogens (tertiary/aromatic N) is 3. The number of hydrogen-bond donors (Lipinski definition) is 0. The monoisotopic (exact) mass is 930 g/mol. The summed E-state index contributed by atoms with van der Waals surface area (Å²) in [5.41, 5.74) is 0. The molecule has 12 N–H and O–H groups in total. The highest BCUT2D eigenvalue weighted by Gasteiger charge is 2.26. The lowest BCUT2D eigenvalue weighted by atomic mass is 10.1. The van der Waals surface area contributed by atoms with Gasteiger partial charge < -0.3 is 65.6 Å². The molecular formula is C48H120N3O10P. The van der Waals surface area contributed by atoms with Gasteiger partial charge in [-0.2, -0.15) is 7.82 Å². The SMILES string of the molecule is CCCC[N+](CCCC)(CCCC)CCCC.CCCC[N+](CCCC)(CCCC)CCCC.CCCC[N+](CCCC)(CCCC)CCCC.O.O.O.O.O.O.O=P([O-])([O-])[O-]. The Kier molecular flexibility index (Phi) is 83.4. The third-order valence-corrected chi connectivity index (χ3v) is 11.8. The van der Waals surface area contributed by atoms with E-state index in [1.54, 1.807) is 0 Å². The fourth-order valence-electron chi connectivity index (χ4n) is 7.93. The van der Waals surface area contributed by atoms with Crippen LogP contribution in [0.15, 0.2) is 0 Å².